The molecule has 1 fully saturated rings. The van der Waals surface area contributed by atoms with Gasteiger partial charge in [0.2, 0.25) is 0 Å². The van der Waals surface area contributed by atoms with Gasteiger partial charge >= 0.3 is 0 Å². The first-order valence-electron chi connectivity index (χ1n) is 7.59. The molecule has 5 heteroatoms. The molecule has 21 heavy (non-hydrogen) atoms. The lowest BCUT2D eigenvalue weighted by molar-refractivity contribution is 0.0380. The first kappa shape index (κ1) is 16.2. The molecule has 1 unspecified atom stereocenters. The summed E-state index contributed by atoms with van der Waals surface area (Å²) in [6.45, 7) is 8.04. The summed E-state index contributed by atoms with van der Waals surface area (Å²) in [6.07, 6.45) is 0.885. The standard InChI is InChI=1S/C16H24F2N2O/c1-4-13-10-20(5-6-21-13)16-14(17)7-12(8-15(16)18)9-19-11(2)3/h7-8,11,13,19H,4-6,9-10H2,1-3H3. The molecule has 3 nitrogen and oxygen atoms in total. The van der Waals surface area contributed by atoms with Gasteiger partial charge < -0.3 is 15.0 Å². The molecule has 0 saturated carbocycles. The highest BCUT2D eigenvalue weighted by Crippen LogP contribution is 2.27. The van der Waals surface area contributed by atoms with E-state index < -0.39 is 11.6 Å². The van der Waals surface area contributed by atoms with E-state index >= 15 is 0 Å². The maximum Gasteiger partial charge on any atom is 0.149 e. The fourth-order valence-electron chi connectivity index (χ4n) is 2.51. The summed E-state index contributed by atoms with van der Waals surface area (Å²) in [6, 6.07) is 3.12. The van der Waals surface area contributed by atoms with E-state index in [0.717, 1.165) is 6.42 Å². The fraction of sp³-hybridized carbons (Fsp3) is 0.625. The quantitative estimate of drug-likeness (QED) is 0.904. The summed E-state index contributed by atoms with van der Waals surface area (Å²) in [5.41, 5.74) is 0.702. The lowest BCUT2D eigenvalue weighted by atomic mass is 10.1. The average Bonchev–Trinajstić information content (AvgIpc) is 2.44. The zero-order valence-electron chi connectivity index (χ0n) is 13.0. The van der Waals surface area contributed by atoms with E-state index in [-0.39, 0.29) is 17.8 Å². The van der Waals surface area contributed by atoms with Gasteiger partial charge in [0.1, 0.15) is 17.3 Å². The van der Waals surface area contributed by atoms with Gasteiger partial charge in [-0.15, -0.1) is 0 Å². The summed E-state index contributed by atoms with van der Waals surface area (Å²) in [5.74, 6) is -0.986. The van der Waals surface area contributed by atoms with Crippen molar-refractivity contribution < 1.29 is 13.5 Å². The topological polar surface area (TPSA) is 24.5 Å². The van der Waals surface area contributed by atoms with Crippen molar-refractivity contribution in [2.24, 2.45) is 0 Å². The van der Waals surface area contributed by atoms with E-state index in [1.165, 1.54) is 12.1 Å². The number of nitrogens with one attached hydrogen (secondary N) is 1. The van der Waals surface area contributed by atoms with Gasteiger partial charge in [-0.1, -0.05) is 20.8 Å². The third-order valence-corrected chi connectivity index (χ3v) is 3.70. The van der Waals surface area contributed by atoms with E-state index in [0.29, 0.717) is 31.8 Å². The van der Waals surface area contributed by atoms with Crippen LogP contribution in [0.3, 0.4) is 0 Å². The van der Waals surface area contributed by atoms with Gasteiger partial charge in [0, 0.05) is 25.7 Å². The number of anilines is 1. The molecular weight excluding hydrogens is 274 g/mol. The monoisotopic (exact) mass is 298 g/mol. The number of halogens is 2. The molecule has 0 spiro atoms. The second-order valence-electron chi connectivity index (χ2n) is 5.79. The second-order valence-corrected chi connectivity index (χ2v) is 5.79. The van der Waals surface area contributed by atoms with Crippen LogP contribution in [0, 0.1) is 11.6 Å². The van der Waals surface area contributed by atoms with E-state index in [1.807, 2.05) is 20.8 Å². The van der Waals surface area contributed by atoms with Crippen LogP contribution in [0.25, 0.3) is 0 Å². The summed E-state index contributed by atoms with van der Waals surface area (Å²) in [4.78, 5) is 1.75. The zero-order chi connectivity index (χ0) is 15.4. The summed E-state index contributed by atoms with van der Waals surface area (Å²) in [7, 11) is 0. The normalized spacial score (nSPS) is 19.3. The van der Waals surface area contributed by atoms with Gasteiger partial charge in [-0.25, -0.2) is 8.78 Å². The van der Waals surface area contributed by atoms with Crippen molar-refractivity contribution in [1.29, 1.82) is 0 Å². The van der Waals surface area contributed by atoms with Crippen LogP contribution in [-0.4, -0.2) is 31.8 Å². The van der Waals surface area contributed by atoms with Crippen molar-refractivity contribution >= 4 is 5.69 Å². The van der Waals surface area contributed by atoms with Crippen molar-refractivity contribution in [1.82, 2.24) is 5.32 Å². The van der Waals surface area contributed by atoms with Gasteiger partial charge in [0.15, 0.2) is 0 Å². The van der Waals surface area contributed by atoms with Crippen molar-refractivity contribution in [3.05, 3.63) is 29.3 Å². The second kappa shape index (κ2) is 7.18. The highest BCUT2D eigenvalue weighted by atomic mass is 19.1. The molecule has 0 amide bonds. The molecule has 0 aliphatic carbocycles. The lowest BCUT2D eigenvalue weighted by Gasteiger charge is -2.34. The Morgan fingerprint density at radius 3 is 2.57 bits per heavy atom. The number of rotatable bonds is 5. The van der Waals surface area contributed by atoms with Crippen molar-refractivity contribution in [3.63, 3.8) is 0 Å². The maximum absolute atomic E-state index is 14.3. The molecule has 0 radical (unpaired) electrons. The Balaban J connectivity index is 2.16. The molecule has 0 bridgehead atoms. The Kier molecular flexibility index (Phi) is 5.53. The number of hydrogen-bond acceptors (Lipinski definition) is 3. The molecule has 1 saturated heterocycles. The number of nitrogens with zero attached hydrogens (tertiary/aromatic N) is 1. The fourth-order valence-corrected chi connectivity index (χ4v) is 2.51. The molecule has 1 heterocycles. The molecule has 1 aliphatic rings. The van der Waals surface area contributed by atoms with Crippen LogP contribution < -0.4 is 10.2 Å². The van der Waals surface area contributed by atoms with Crippen LogP contribution in [0.15, 0.2) is 12.1 Å². The SMILES string of the molecule is CCC1CN(c2c(F)cc(CNC(C)C)cc2F)CCO1. The largest absolute Gasteiger partial charge is 0.375 e. The number of ether oxygens (including phenoxy) is 1. The van der Waals surface area contributed by atoms with Crippen LogP contribution in [0.5, 0.6) is 0 Å². The van der Waals surface area contributed by atoms with Crippen LogP contribution >= 0.6 is 0 Å². The van der Waals surface area contributed by atoms with Gasteiger partial charge in [0.25, 0.3) is 0 Å². The Morgan fingerprint density at radius 2 is 2.00 bits per heavy atom. The Bertz CT molecular complexity index is 456. The van der Waals surface area contributed by atoms with Gasteiger partial charge in [0.05, 0.1) is 12.7 Å². The van der Waals surface area contributed by atoms with Gasteiger partial charge in [-0.3, -0.25) is 0 Å². The predicted octanol–water partition coefficient (Wildman–Crippen LogP) is 3.08. The third kappa shape index (κ3) is 4.14. The predicted molar refractivity (Wildman–Crippen MR) is 80.6 cm³/mol. The van der Waals surface area contributed by atoms with Crippen LogP contribution in [0.4, 0.5) is 14.5 Å². The number of benzene rings is 1. The Hall–Kier alpha value is -1.20. The van der Waals surface area contributed by atoms with Crippen LogP contribution in [0.2, 0.25) is 0 Å². The van der Waals surface area contributed by atoms with E-state index in [2.05, 4.69) is 5.32 Å². The molecule has 1 aromatic carbocycles. The molecule has 1 atom stereocenters. The molecule has 118 valence electrons. The first-order chi connectivity index (χ1) is 10.0. The number of hydrogen-bond donors (Lipinski definition) is 1. The molecular formula is C16H24F2N2O. The minimum Gasteiger partial charge on any atom is -0.375 e. The van der Waals surface area contributed by atoms with E-state index in [9.17, 15) is 8.78 Å². The first-order valence-corrected chi connectivity index (χ1v) is 7.59. The Morgan fingerprint density at radius 1 is 1.33 bits per heavy atom. The maximum atomic E-state index is 14.3. The van der Waals surface area contributed by atoms with Crippen LogP contribution in [-0.2, 0) is 11.3 Å². The molecule has 1 N–H and O–H groups in total. The Labute approximate surface area is 125 Å². The molecule has 1 aromatic rings. The van der Waals surface area contributed by atoms with E-state index in [1.54, 1.807) is 4.90 Å². The zero-order valence-corrected chi connectivity index (χ0v) is 13.0. The average molecular weight is 298 g/mol. The van der Waals surface area contributed by atoms with Crippen LogP contribution in [0.1, 0.15) is 32.8 Å². The van der Waals surface area contributed by atoms with Crippen molar-refractivity contribution in [2.45, 2.75) is 45.9 Å². The molecule has 2 rings (SSSR count). The highest BCUT2D eigenvalue weighted by molar-refractivity contribution is 5.51. The van der Waals surface area contributed by atoms with E-state index in [4.69, 9.17) is 4.74 Å². The lowest BCUT2D eigenvalue weighted by Crippen LogP contribution is -2.43. The highest BCUT2D eigenvalue weighted by Gasteiger charge is 2.24. The van der Waals surface area contributed by atoms with Gasteiger partial charge in [-0.2, -0.15) is 0 Å². The number of morpholine rings is 1. The van der Waals surface area contributed by atoms with Crippen molar-refractivity contribution in [3.8, 4) is 0 Å². The summed E-state index contributed by atoms with van der Waals surface area (Å²) >= 11 is 0. The molecule has 0 aromatic heterocycles. The smallest absolute Gasteiger partial charge is 0.149 e. The summed E-state index contributed by atoms with van der Waals surface area (Å²) in [5, 5.41) is 3.16. The summed E-state index contributed by atoms with van der Waals surface area (Å²) < 4.78 is 34.2. The van der Waals surface area contributed by atoms with Gasteiger partial charge in [-0.05, 0) is 24.1 Å². The minimum absolute atomic E-state index is 0.0415. The third-order valence-electron chi connectivity index (χ3n) is 3.70. The minimum atomic E-state index is -0.493. The van der Waals surface area contributed by atoms with Crippen molar-refractivity contribution in [2.75, 3.05) is 24.6 Å². The molecule has 1 aliphatic heterocycles.